The van der Waals surface area contributed by atoms with Gasteiger partial charge in [0.25, 0.3) is 0 Å². The molecule has 0 bridgehead atoms. The van der Waals surface area contributed by atoms with Crippen LogP contribution in [0.3, 0.4) is 0 Å². The van der Waals surface area contributed by atoms with Gasteiger partial charge in [-0.15, -0.1) is 0 Å². The maximum atomic E-state index is 11.3. The van der Waals surface area contributed by atoms with Gasteiger partial charge in [-0.25, -0.2) is 4.98 Å². The molecule has 5 nitrogen and oxygen atoms in total. The van der Waals surface area contributed by atoms with E-state index in [9.17, 15) is 9.90 Å². The van der Waals surface area contributed by atoms with Gasteiger partial charge in [-0.05, 0) is 49.9 Å². The van der Waals surface area contributed by atoms with Gasteiger partial charge < -0.3 is 10.1 Å². The average Bonchev–Trinajstić information content (AvgIpc) is 2.98. The molecular weight excluding hydrogens is 290 g/mol. The number of aryl methyl sites for hydroxylation is 1. The largest absolute Gasteiger partial charge is 0.481 e. The summed E-state index contributed by atoms with van der Waals surface area (Å²) in [6, 6.07) is 6.51. The van der Waals surface area contributed by atoms with E-state index in [1.54, 1.807) is 0 Å². The smallest absolute Gasteiger partial charge is 0.307 e. The topological polar surface area (TPSA) is 69.2 Å². The van der Waals surface area contributed by atoms with E-state index in [2.05, 4.69) is 41.9 Å². The number of aliphatic carboxylic acids is 1. The zero-order valence-corrected chi connectivity index (χ0v) is 13.9. The molecule has 124 valence electrons. The van der Waals surface area contributed by atoms with Crippen molar-refractivity contribution in [3.05, 3.63) is 29.6 Å². The molecular formula is C18H25N3O2. The molecule has 3 rings (SSSR count). The van der Waals surface area contributed by atoms with Crippen molar-refractivity contribution in [2.24, 2.45) is 5.92 Å². The number of nitrogens with one attached hydrogen (secondary N) is 1. The summed E-state index contributed by atoms with van der Waals surface area (Å²) in [6.45, 7) is 5.84. The van der Waals surface area contributed by atoms with Gasteiger partial charge in [-0.3, -0.25) is 9.69 Å². The van der Waals surface area contributed by atoms with Crippen LogP contribution in [0.2, 0.25) is 0 Å². The third-order valence-corrected chi connectivity index (χ3v) is 4.92. The number of benzene rings is 1. The number of fused-ring (bicyclic) bond motifs is 1. The fourth-order valence-corrected chi connectivity index (χ4v) is 3.57. The summed E-state index contributed by atoms with van der Waals surface area (Å²) in [4.78, 5) is 21.8. The molecule has 0 saturated carbocycles. The minimum absolute atomic E-state index is 0.162. The molecule has 1 aromatic carbocycles. The molecule has 1 saturated heterocycles. The summed E-state index contributed by atoms with van der Waals surface area (Å²) in [7, 11) is 0. The van der Waals surface area contributed by atoms with Crippen LogP contribution < -0.4 is 0 Å². The van der Waals surface area contributed by atoms with E-state index in [-0.39, 0.29) is 12.0 Å². The molecule has 1 aliphatic rings. The lowest BCUT2D eigenvalue weighted by Gasteiger charge is -2.35. The fourth-order valence-electron chi connectivity index (χ4n) is 3.57. The highest BCUT2D eigenvalue weighted by atomic mass is 16.4. The van der Waals surface area contributed by atoms with Gasteiger partial charge in [0.1, 0.15) is 5.82 Å². The highest BCUT2D eigenvalue weighted by Gasteiger charge is 2.30. The lowest BCUT2D eigenvalue weighted by Crippen LogP contribution is -2.41. The fraction of sp³-hybridized carbons (Fsp3) is 0.556. The number of aromatic nitrogens is 2. The zero-order chi connectivity index (χ0) is 16.4. The Hall–Kier alpha value is -1.88. The summed E-state index contributed by atoms with van der Waals surface area (Å²) in [5.41, 5.74) is 3.36. The molecule has 1 aliphatic heterocycles. The second-order valence-electron chi connectivity index (χ2n) is 6.42. The third kappa shape index (κ3) is 3.24. The van der Waals surface area contributed by atoms with Gasteiger partial charge in [0.15, 0.2) is 0 Å². The molecule has 5 heteroatoms. The Morgan fingerprint density at radius 1 is 1.48 bits per heavy atom. The first-order chi connectivity index (χ1) is 11.1. The molecule has 2 unspecified atom stereocenters. The van der Waals surface area contributed by atoms with Gasteiger partial charge in [-0.2, -0.15) is 0 Å². The van der Waals surface area contributed by atoms with Crippen LogP contribution >= 0.6 is 0 Å². The molecule has 2 N–H and O–H groups in total. The van der Waals surface area contributed by atoms with Crippen molar-refractivity contribution in [1.29, 1.82) is 0 Å². The molecule has 0 amide bonds. The quantitative estimate of drug-likeness (QED) is 0.887. The number of carboxylic acid groups (broad SMARTS) is 1. The molecule has 1 fully saturated rings. The van der Waals surface area contributed by atoms with Crippen LogP contribution in [0.4, 0.5) is 0 Å². The Balaban J connectivity index is 1.86. The second-order valence-corrected chi connectivity index (χ2v) is 6.42. The highest BCUT2D eigenvalue weighted by Crippen LogP contribution is 2.29. The molecule has 2 atom stereocenters. The van der Waals surface area contributed by atoms with Crippen LogP contribution in [0.1, 0.15) is 50.5 Å². The predicted molar refractivity (Wildman–Crippen MR) is 90.4 cm³/mol. The zero-order valence-electron chi connectivity index (χ0n) is 13.9. The van der Waals surface area contributed by atoms with Gasteiger partial charge >= 0.3 is 5.97 Å². The summed E-state index contributed by atoms with van der Waals surface area (Å²) in [5, 5.41) is 9.30. The third-order valence-electron chi connectivity index (χ3n) is 4.92. The number of carboxylic acids is 1. The predicted octanol–water partition coefficient (Wildman–Crippen LogP) is 3.37. The van der Waals surface area contributed by atoms with Crippen LogP contribution in [0.25, 0.3) is 11.0 Å². The van der Waals surface area contributed by atoms with Crippen molar-refractivity contribution < 1.29 is 9.90 Å². The maximum absolute atomic E-state index is 11.3. The second kappa shape index (κ2) is 6.71. The normalized spacial score (nSPS) is 20.7. The van der Waals surface area contributed by atoms with Gasteiger partial charge in [-0.1, -0.05) is 19.9 Å². The molecule has 0 spiro atoms. The molecule has 0 radical (unpaired) electrons. The number of hydrogen-bond donors (Lipinski definition) is 2. The molecule has 2 heterocycles. The first-order valence-corrected chi connectivity index (χ1v) is 8.57. The lowest BCUT2D eigenvalue weighted by molar-refractivity contribution is -0.144. The van der Waals surface area contributed by atoms with Crippen LogP contribution in [0, 0.1) is 5.92 Å². The van der Waals surface area contributed by atoms with E-state index < -0.39 is 5.97 Å². The average molecular weight is 315 g/mol. The van der Waals surface area contributed by atoms with E-state index in [4.69, 9.17) is 4.98 Å². The monoisotopic (exact) mass is 315 g/mol. The minimum atomic E-state index is -0.679. The van der Waals surface area contributed by atoms with Crippen LogP contribution in [0.15, 0.2) is 18.2 Å². The first-order valence-electron chi connectivity index (χ1n) is 8.57. The van der Waals surface area contributed by atoms with E-state index >= 15 is 0 Å². The van der Waals surface area contributed by atoms with Crippen molar-refractivity contribution in [3.63, 3.8) is 0 Å². The van der Waals surface area contributed by atoms with Crippen molar-refractivity contribution in [2.45, 2.75) is 45.6 Å². The molecule has 23 heavy (non-hydrogen) atoms. The van der Waals surface area contributed by atoms with Crippen LogP contribution in [-0.4, -0.2) is 39.0 Å². The number of hydrogen-bond acceptors (Lipinski definition) is 3. The molecule has 1 aromatic heterocycles. The van der Waals surface area contributed by atoms with E-state index in [0.717, 1.165) is 49.1 Å². The Morgan fingerprint density at radius 2 is 2.30 bits per heavy atom. The van der Waals surface area contributed by atoms with E-state index in [1.165, 1.54) is 5.56 Å². The maximum Gasteiger partial charge on any atom is 0.307 e. The summed E-state index contributed by atoms with van der Waals surface area (Å²) in [6.07, 6.45) is 3.65. The van der Waals surface area contributed by atoms with Crippen molar-refractivity contribution in [2.75, 3.05) is 13.1 Å². The number of nitrogens with zero attached hydrogens (tertiary/aromatic N) is 2. The van der Waals surface area contributed by atoms with Crippen molar-refractivity contribution in [3.8, 4) is 0 Å². The number of imidazole rings is 1. The number of piperidine rings is 1. The van der Waals surface area contributed by atoms with Gasteiger partial charge in [0.05, 0.1) is 23.0 Å². The lowest BCUT2D eigenvalue weighted by atomic mass is 9.96. The summed E-state index contributed by atoms with van der Waals surface area (Å²) in [5.74, 6) is 0.0254. The number of rotatable bonds is 5. The number of likely N-dealkylation sites (tertiary alicyclic amines) is 1. The highest BCUT2D eigenvalue weighted by molar-refractivity contribution is 5.76. The Morgan fingerprint density at radius 3 is 3.00 bits per heavy atom. The van der Waals surface area contributed by atoms with Crippen LogP contribution in [-0.2, 0) is 11.2 Å². The molecule has 0 aliphatic carbocycles. The Labute approximate surface area is 136 Å². The number of carbonyl (C=O) groups is 1. The first kappa shape index (κ1) is 16.0. The number of H-pyrrole nitrogens is 1. The van der Waals surface area contributed by atoms with E-state index in [1.807, 2.05) is 0 Å². The summed E-state index contributed by atoms with van der Waals surface area (Å²) < 4.78 is 0. The molecule has 2 aromatic rings. The standard InChI is InChI=1S/C18H25N3O2/c1-3-12-7-8-14-15(10-12)20-17(19-14)16(4-2)21-9-5-6-13(11-21)18(22)23/h7-8,10,13,16H,3-6,9,11H2,1-2H3,(H,19,20)(H,22,23). The Bertz CT molecular complexity index is 695. The summed E-state index contributed by atoms with van der Waals surface area (Å²) >= 11 is 0. The minimum Gasteiger partial charge on any atom is -0.481 e. The Kier molecular flexibility index (Phi) is 4.66. The SMILES string of the molecule is CCc1ccc2nc(C(CC)N3CCCC(C(=O)O)C3)[nH]c2c1. The van der Waals surface area contributed by atoms with Crippen molar-refractivity contribution >= 4 is 17.0 Å². The van der Waals surface area contributed by atoms with Gasteiger partial charge in [0, 0.05) is 6.54 Å². The van der Waals surface area contributed by atoms with E-state index in [0.29, 0.717) is 6.54 Å². The van der Waals surface area contributed by atoms with Crippen molar-refractivity contribution in [1.82, 2.24) is 14.9 Å². The van der Waals surface area contributed by atoms with Crippen LogP contribution in [0.5, 0.6) is 0 Å². The number of aromatic amines is 1. The van der Waals surface area contributed by atoms with Gasteiger partial charge in [0.2, 0.25) is 0 Å².